The van der Waals surface area contributed by atoms with Crippen LogP contribution in [-0.4, -0.2) is 0 Å². The van der Waals surface area contributed by atoms with E-state index in [-0.39, 0.29) is 0 Å². The molecule has 1 aromatic heterocycles. The van der Waals surface area contributed by atoms with Crippen LogP contribution < -0.4 is 15.7 Å². The average molecular weight is 265 g/mol. The molecule has 4 nitrogen and oxygen atoms in total. The van der Waals surface area contributed by atoms with Gasteiger partial charge in [-0.1, -0.05) is 23.8 Å². The predicted octanol–water partition coefficient (Wildman–Crippen LogP) is 3.95. The fourth-order valence-corrected chi connectivity index (χ4v) is 2.41. The molecule has 0 amide bonds. The normalized spacial score (nSPS) is 12.2. The standard InChI is InChI=1S/C16H11NO3/c1-9-6-7-12-10(8-9)15-14(16(18)20-12)17-11-4-2-3-5-13(11)19-15/h2-8,17H,1H3. The second-order valence-electron chi connectivity index (χ2n) is 4.82. The van der Waals surface area contributed by atoms with E-state index in [0.717, 1.165) is 16.6 Å². The van der Waals surface area contributed by atoms with Crippen LogP contribution in [0.4, 0.5) is 11.4 Å². The zero-order chi connectivity index (χ0) is 13.7. The molecule has 0 unspecified atom stereocenters. The summed E-state index contributed by atoms with van der Waals surface area (Å²) in [5.74, 6) is 1.23. The number of hydrogen-bond donors (Lipinski definition) is 1. The molecule has 1 aliphatic rings. The number of para-hydroxylation sites is 2. The Labute approximate surface area is 114 Å². The number of benzene rings is 2. The van der Waals surface area contributed by atoms with Crippen LogP contribution in [0.25, 0.3) is 11.0 Å². The van der Waals surface area contributed by atoms with Gasteiger partial charge < -0.3 is 14.5 Å². The smallest absolute Gasteiger partial charge is 0.364 e. The highest BCUT2D eigenvalue weighted by molar-refractivity contribution is 5.92. The summed E-state index contributed by atoms with van der Waals surface area (Å²) in [6.07, 6.45) is 0. The molecule has 1 N–H and O–H groups in total. The van der Waals surface area contributed by atoms with Crippen molar-refractivity contribution in [2.75, 3.05) is 5.32 Å². The SMILES string of the molecule is Cc1ccc2oc(=O)c3c(c2c1)Oc1ccccc1N3. The first kappa shape index (κ1) is 11.1. The van der Waals surface area contributed by atoms with E-state index in [2.05, 4.69) is 5.32 Å². The molecule has 0 atom stereocenters. The van der Waals surface area contributed by atoms with Crippen molar-refractivity contribution in [2.24, 2.45) is 0 Å². The maximum absolute atomic E-state index is 12.1. The Kier molecular flexibility index (Phi) is 2.15. The summed E-state index contributed by atoms with van der Waals surface area (Å²) in [7, 11) is 0. The average Bonchev–Trinajstić information content (AvgIpc) is 2.47. The third-order valence-electron chi connectivity index (χ3n) is 3.37. The number of aryl methyl sites for hydroxylation is 1. The van der Waals surface area contributed by atoms with Gasteiger partial charge in [-0.05, 0) is 31.2 Å². The van der Waals surface area contributed by atoms with Crippen molar-refractivity contribution in [3.63, 3.8) is 0 Å². The van der Waals surface area contributed by atoms with Gasteiger partial charge in [0, 0.05) is 0 Å². The molecule has 3 aromatic rings. The van der Waals surface area contributed by atoms with E-state index in [4.69, 9.17) is 9.15 Å². The summed E-state index contributed by atoms with van der Waals surface area (Å²) >= 11 is 0. The first-order valence-corrected chi connectivity index (χ1v) is 6.34. The number of anilines is 2. The van der Waals surface area contributed by atoms with Crippen LogP contribution in [0.3, 0.4) is 0 Å². The number of nitrogens with one attached hydrogen (secondary N) is 1. The van der Waals surface area contributed by atoms with Crippen molar-refractivity contribution in [1.29, 1.82) is 0 Å². The minimum Gasteiger partial charge on any atom is -0.452 e. The van der Waals surface area contributed by atoms with Gasteiger partial charge in [-0.25, -0.2) is 4.79 Å². The highest BCUT2D eigenvalue weighted by atomic mass is 16.5. The van der Waals surface area contributed by atoms with E-state index in [0.29, 0.717) is 22.8 Å². The van der Waals surface area contributed by atoms with E-state index in [1.165, 1.54) is 0 Å². The lowest BCUT2D eigenvalue weighted by atomic mass is 10.1. The van der Waals surface area contributed by atoms with Crippen LogP contribution in [0.15, 0.2) is 51.7 Å². The molecule has 2 heterocycles. The lowest BCUT2D eigenvalue weighted by molar-refractivity contribution is 0.473. The Morgan fingerprint density at radius 1 is 1.10 bits per heavy atom. The number of rotatable bonds is 0. The van der Waals surface area contributed by atoms with E-state index < -0.39 is 5.63 Å². The number of fused-ring (bicyclic) bond motifs is 4. The Morgan fingerprint density at radius 2 is 1.95 bits per heavy atom. The Morgan fingerprint density at radius 3 is 2.85 bits per heavy atom. The van der Waals surface area contributed by atoms with Crippen LogP contribution in [0, 0.1) is 6.92 Å². The van der Waals surface area contributed by atoms with Crippen molar-refractivity contribution in [3.05, 3.63) is 58.4 Å². The summed E-state index contributed by atoms with van der Waals surface area (Å²) in [5, 5.41) is 3.88. The lowest BCUT2D eigenvalue weighted by Gasteiger charge is -2.21. The Bertz CT molecular complexity index is 896. The van der Waals surface area contributed by atoms with Gasteiger partial charge in [0.2, 0.25) is 0 Å². The molecule has 0 aliphatic carbocycles. The zero-order valence-electron chi connectivity index (χ0n) is 10.8. The minimum atomic E-state index is -0.425. The molecule has 0 bridgehead atoms. The molecule has 4 rings (SSSR count). The predicted molar refractivity (Wildman–Crippen MR) is 77.0 cm³/mol. The summed E-state index contributed by atoms with van der Waals surface area (Å²) in [5.41, 5.74) is 2.29. The molecule has 2 aromatic carbocycles. The van der Waals surface area contributed by atoms with Crippen molar-refractivity contribution in [2.45, 2.75) is 6.92 Å². The van der Waals surface area contributed by atoms with Crippen molar-refractivity contribution < 1.29 is 9.15 Å². The molecule has 0 spiro atoms. The summed E-state index contributed by atoms with van der Waals surface area (Å²) in [6, 6.07) is 13.1. The first-order chi connectivity index (χ1) is 9.72. The van der Waals surface area contributed by atoms with E-state index in [1.54, 1.807) is 6.07 Å². The molecular formula is C16H11NO3. The fraction of sp³-hybridized carbons (Fsp3) is 0.0625. The van der Waals surface area contributed by atoms with Gasteiger partial charge in [0.05, 0.1) is 11.1 Å². The molecule has 98 valence electrons. The summed E-state index contributed by atoms with van der Waals surface area (Å²) < 4.78 is 11.2. The first-order valence-electron chi connectivity index (χ1n) is 6.34. The summed E-state index contributed by atoms with van der Waals surface area (Å²) in [4.78, 5) is 12.1. The highest BCUT2D eigenvalue weighted by Gasteiger charge is 2.23. The van der Waals surface area contributed by atoms with Gasteiger partial charge >= 0.3 is 5.63 Å². The van der Waals surface area contributed by atoms with Gasteiger partial charge in [-0.15, -0.1) is 0 Å². The second-order valence-corrected chi connectivity index (χ2v) is 4.82. The monoisotopic (exact) mass is 265 g/mol. The highest BCUT2D eigenvalue weighted by Crippen LogP contribution is 2.43. The van der Waals surface area contributed by atoms with Gasteiger partial charge in [0.1, 0.15) is 5.58 Å². The van der Waals surface area contributed by atoms with E-state index >= 15 is 0 Å². The topological polar surface area (TPSA) is 51.5 Å². The number of hydrogen-bond acceptors (Lipinski definition) is 4. The second kappa shape index (κ2) is 3.87. The van der Waals surface area contributed by atoms with Crippen LogP contribution >= 0.6 is 0 Å². The van der Waals surface area contributed by atoms with Crippen LogP contribution in [0.2, 0.25) is 0 Å². The fourth-order valence-electron chi connectivity index (χ4n) is 2.41. The van der Waals surface area contributed by atoms with Gasteiger partial charge in [0.25, 0.3) is 0 Å². The van der Waals surface area contributed by atoms with E-state index in [1.807, 2.05) is 43.3 Å². The van der Waals surface area contributed by atoms with Crippen LogP contribution in [-0.2, 0) is 0 Å². The molecule has 0 saturated carbocycles. The molecule has 0 fully saturated rings. The maximum Gasteiger partial charge on any atom is 0.364 e. The van der Waals surface area contributed by atoms with Gasteiger partial charge in [-0.3, -0.25) is 0 Å². The zero-order valence-corrected chi connectivity index (χ0v) is 10.8. The third-order valence-corrected chi connectivity index (χ3v) is 3.37. The van der Waals surface area contributed by atoms with Crippen molar-refractivity contribution in [1.82, 2.24) is 0 Å². The number of ether oxygens (including phenoxy) is 1. The maximum atomic E-state index is 12.1. The molecule has 4 heteroatoms. The van der Waals surface area contributed by atoms with Gasteiger partial charge in [0.15, 0.2) is 17.2 Å². The largest absolute Gasteiger partial charge is 0.452 e. The third kappa shape index (κ3) is 1.51. The molecular weight excluding hydrogens is 254 g/mol. The van der Waals surface area contributed by atoms with Crippen LogP contribution in [0.5, 0.6) is 11.5 Å². The lowest BCUT2D eigenvalue weighted by Crippen LogP contribution is -2.13. The van der Waals surface area contributed by atoms with Gasteiger partial charge in [-0.2, -0.15) is 0 Å². The molecule has 0 saturated heterocycles. The summed E-state index contributed by atoms with van der Waals surface area (Å²) in [6.45, 7) is 1.99. The van der Waals surface area contributed by atoms with Crippen molar-refractivity contribution >= 4 is 22.3 Å². The molecule has 20 heavy (non-hydrogen) atoms. The van der Waals surface area contributed by atoms with E-state index in [9.17, 15) is 4.79 Å². The van der Waals surface area contributed by atoms with Crippen molar-refractivity contribution in [3.8, 4) is 11.5 Å². The molecule has 0 radical (unpaired) electrons. The Balaban J connectivity index is 2.05. The Hall–Kier alpha value is -2.75. The quantitative estimate of drug-likeness (QED) is 0.489. The van der Waals surface area contributed by atoms with Crippen LogP contribution in [0.1, 0.15) is 5.56 Å². The molecule has 1 aliphatic heterocycles. The minimum absolute atomic E-state index is 0.349.